The Morgan fingerprint density at radius 3 is 2.47 bits per heavy atom. The number of hydrogen-bond donors (Lipinski definition) is 1. The Bertz CT molecular complexity index is 1130. The highest BCUT2D eigenvalue weighted by Crippen LogP contribution is 2.31. The van der Waals surface area contributed by atoms with E-state index in [9.17, 15) is 18.4 Å². The predicted octanol–water partition coefficient (Wildman–Crippen LogP) is 5.00. The van der Waals surface area contributed by atoms with Gasteiger partial charge in [0.2, 0.25) is 5.91 Å². The van der Waals surface area contributed by atoms with Crippen molar-refractivity contribution >= 4 is 40.7 Å². The summed E-state index contributed by atoms with van der Waals surface area (Å²) in [5.74, 6) is -0.858. The Kier molecular flexibility index (Phi) is 7.71. The molecule has 0 fully saturated rings. The molecule has 32 heavy (non-hydrogen) atoms. The molecule has 0 saturated heterocycles. The molecule has 0 radical (unpaired) electrons. The molecule has 6 nitrogen and oxygen atoms in total. The van der Waals surface area contributed by atoms with Crippen molar-refractivity contribution in [3.8, 4) is 11.3 Å². The number of carbonyl (C=O) groups is 2. The lowest BCUT2D eigenvalue weighted by Crippen LogP contribution is -2.33. The highest BCUT2D eigenvalue weighted by molar-refractivity contribution is 6.34. The lowest BCUT2D eigenvalue weighted by atomic mass is 10.1. The molecule has 0 unspecified atom stereocenters. The summed E-state index contributed by atoms with van der Waals surface area (Å²) in [4.78, 5) is 33.2. The SMILES string of the molecule is CC(=O)N(CC(F)F)c1ccc(-c2ccc(C(=O)NCc3cncc(Cl)c3)cn2)cc1Cl. The first-order chi connectivity index (χ1) is 15.2. The average Bonchev–Trinajstić information content (AvgIpc) is 2.76. The molecular weight excluding hydrogens is 461 g/mol. The third kappa shape index (κ3) is 5.99. The van der Waals surface area contributed by atoms with Gasteiger partial charge in [-0.15, -0.1) is 0 Å². The van der Waals surface area contributed by atoms with Crippen molar-refractivity contribution in [2.45, 2.75) is 19.9 Å². The van der Waals surface area contributed by atoms with Crippen LogP contribution in [0.4, 0.5) is 14.5 Å². The minimum Gasteiger partial charge on any atom is -0.348 e. The Morgan fingerprint density at radius 2 is 1.88 bits per heavy atom. The van der Waals surface area contributed by atoms with E-state index >= 15 is 0 Å². The van der Waals surface area contributed by atoms with Crippen LogP contribution in [-0.2, 0) is 11.3 Å². The second-order valence-corrected chi connectivity index (χ2v) is 7.66. The molecule has 2 heterocycles. The molecule has 0 spiro atoms. The molecule has 2 aromatic heterocycles. The highest BCUT2D eigenvalue weighted by Gasteiger charge is 2.20. The van der Waals surface area contributed by atoms with E-state index < -0.39 is 18.9 Å². The summed E-state index contributed by atoms with van der Waals surface area (Å²) in [5, 5.41) is 3.38. The monoisotopic (exact) mass is 478 g/mol. The van der Waals surface area contributed by atoms with Gasteiger partial charge >= 0.3 is 0 Å². The van der Waals surface area contributed by atoms with Crippen molar-refractivity contribution in [3.05, 3.63) is 76.2 Å². The first-order valence-electron chi connectivity index (χ1n) is 9.44. The smallest absolute Gasteiger partial charge is 0.256 e. The maximum Gasteiger partial charge on any atom is 0.256 e. The summed E-state index contributed by atoms with van der Waals surface area (Å²) in [7, 11) is 0. The molecule has 0 atom stereocenters. The fraction of sp³-hybridized carbons (Fsp3) is 0.182. The minimum absolute atomic E-state index is 0.136. The molecule has 3 aromatic rings. The van der Waals surface area contributed by atoms with Crippen LogP contribution in [0.2, 0.25) is 10.0 Å². The van der Waals surface area contributed by atoms with Gasteiger partial charge < -0.3 is 10.2 Å². The van der Waals surface area contributed by atoms with Gasteiger partial charge in [-0.05, 0) is 35.9 Å². The first kappa shape index (κ1) is 23.6. The maximum absolute atomic E-state index is 12.8. The number of anilines is 1. The number of hydrogen-bond acceptors (Lipinski definition) is 4. The fourth-order valence-electron chi connectivity index (χ4n) is 2.96. The topological polar surface area (TPSA) is 75.2 Å². The van der Waals surface area contributed by atoms with Gasteiger partial charge in [0, 0.05) is 37.6 Å². The van der Waals surface area contributed by atoms with Crippen molar-refractivity contribution in [1.29, 1.82) is 0 Å². The van der Waals surface area contributed by atoms with Crippen molar-refractivity contribution in [2.24, 2.45) is 0 Å². The number of nitrogens with one attached hydrogen (secondary N) is 1. The molecule has 1 N–H and O–H groups in total. The Hall–Kier alpha value is -3.10. The van der Waals surface area contributed by atoms with Crippen LogP contribution >= 0.6 is 23.2 Å². The maximum atomic E-state index is 12.8. The molecular formula is C22H18Cl2F2N4O2. The zero-order valence-electron chi connectivity index (χ0n) is 16.9. The number of halogens is 4. The number of pyridine rings is 2. The number of carbonyl (C=O) groups excluding carboxylic acids is 2. The number of benzene rings is 1. The number of nitrogens with zero attached hydrogens (tertiary/aromatic N) is 3. The Balaban J connectivity index is 1.72. The molecule has 10 heteroatoms. The predicted molar refractivity (Wildman–Crippen MR) is 119 cm³/mol. The number of alkyl halides is 2. The standard InChI is InChI=1S/C22H18Cl2F2N4O2/c1-13(31)30(12-21(25)26)20-5-3-15(7-18(20)24)19-4-2-16(10-28-19)22(32)29-9-14-6-17(23)11-27-8-14/h2-8,10-11,21H,9,12H2,1H3,(H,29,32). The summed E-state index contributed by atoms with van der Waals surface area (Å²) in [6.45, 7) is 0.707. The molecule has 2 amide bonds. The second-order valence-electron chi connectivity index (χ2n) is 6.81. The summed E-state index contributed by atoms with van der Waals surface area (Å²) < 4.78 is 25.6. The van der Waals surface area contributed by atoms with E-state index in [1.165, 1.54) is 31.5 Å². The molecule has 0 aliphatic carbocycles. The van der Waals surface area contributed by atoms with E-state index in [1.807, 2.05) is 0 Å². The second kappa shape index (κ2) is 10.5. The van der Waals surface area contributed by atoms with Crippen molar-refractivity contribution in [1.82, 2.24) is 15.3 Å². The van der Waals surface area contributed by atoms with Crippen molar-refractivity contribution in [2.75, 3.05) is 11.4 Å². The minimum atomic E-state index is -2.69. The summed E-state index contributed by atoms with van der Waals surface area (Å²) in [5.41, 5.74) is 2.44. The first-order valence-corrected chi connectivity index (χ1v) is 10.2. The number of aromatic nitrogens is 2. The molecule has 0 saturated carbocycles. The van der Waals surface area contributed by atoms with Gasteiger partial charge in [0.05, 0.1) is 33.5 Å². The van der Waals surface area contributed by atoms with Crippen LogP contribution in [-0.4, -0.2) is 34.8 Å². The van der Waals surface area contributed by atoms with Gasteiger partial charge in [-0.25, -0.2) is 8.78 Å². The lowest BCUT2D eigenvalue weighted by molar-refractivity contribution is -0.117. The average molecular weight is 479 g/mol. The van der Waals surface area contributed by atoms with Crippen molar-refractivity contribution in [3.63, 3.8) is 0 Å². The van der Waals surface area contributed by atoms with E-state index in [-0.39, 0.29) is 23.2 Å². The quantitative estimate of drug-likeness (QED) is 0.518. The fourth-order valence-corrected chi connectivity index (χ4v) is 3.43. The van der Waals surface area contributed by atoms with E-state index in [0.717, 1.165) is 10.5 Å². The molecule has 0 aliphatic heterocycles. The van der Waals surface area contributed by atoms with E-state index in [1.54, 1.807) is 30.5 Å². The van der Waals surface area contributed by atoms with Crippen molar-refractivity contribution < 1.29 is 18.4 Å². The summed E-state index contributed by atoms with van der Waals surface area (Å²) in [6.07, 6.45) is 1.84. The van der Waals surface area contributed by atoms with Gasteiger partial charge in [-0.3, -0.25) is 19.6 Å². The highest BCUT2D eigenvalue weighted by atomic mass is 35.5. The normalized spacial score (nSPS) is 10.8. The molecule has 3 rings (SSSR count). The van der Waals surface area contributed by atoms with Crippen LogP contribution in [0, 0.1) is 0 Å². The van der Waals surface area contributed by atoms with E-state index in [4.69, 9.17) is 23.2 Å². The zero-order valence-corrected chi connectivity index (χ0v) is 18.4. The largest absolute Gasteiger partial charge is 0.348 e. The Morgan fingerprint density at radius 1 is 1.09 bits per heavy atom. The van der Waals surface area contributed by atoms with Crippen LogP contribution in [0.15, 0.2) is 55.0 Å². The molecule has 166 valence electrons. The molecule has 0 aliphatic rings. The van der Waals surface area contributed by atoms with Gasteiger partial charge in [-0.1, -0.05) is 29.3 Å². The summed E-state index contributed by atoms with van der Waals surface area (Å²) in [6, 6.07) is 9.60. The van der Waals surface area contributed by atoms with Gasteiger partial charge in [0.1, 0.15) is 0 Å². The molecule has 0 bridgehead atoms. The van der Waals surface area contributed by atoms with Crippen LogP contribution < -0.4 is 10.2 Å². The van der Waals surface area contributed by atoms with E-state index in [0.29, 0.717) is 21.8 Å². The molecule has 1 aromatic carbocycles. The lowest BCUT2D eigenvalue weighted by Gasteiger charge is -2.22. The number of rotatable bonds is 7. The van der Waals surface area contributed by atoms with Crippen LogP contribution in [0.5, 0.6) is 0 Å². The third-order valence-corrected chi connectivity index (χ3v) is 4.98. The third-order valence-electron chi connectivity index (χ3n) is 4.48. The number of amides is 2. The van der Waals surface area contributed by atoms with Crippen LogP contribution in [0.1, 0.15) is 22.8 Å². The zero-order chi connectivity index (χ0) is 23.3. The van der Waals surface area contributed by atoms with Gasteiger partial charge in [0.25, 0.3) is 12.3 Å². The van der Waals surface area contributed by atoms with Gasteiger partial charge in [0.15, 0.2) is 0 Å². The summed E-state index contributed by atoms with van der Waals surface area (Å²) >= 11 is 12.1. The van der Waals surface area contributed by atoms with E-state index in [2.05, 4.69) is 15.3 Å². The van der Waals surface area contributed by atoms with Crippen LogP contribution in [0.3, 0.4) is 0 Å². The Labute approximate surface area is 193 Å². The van der Waals surface area contributed by atoms with Crippen LogP contribution in [0.25, 0.3) is 11.3 Å². The van der Waals surface area contributed by atoms with Gasteiger partial charge in [-0.2, -0.15) is 0 Å².